The van der Waals surface area contributed by atoms with E-state index in [0.717, 1.165) is 11.6 Å². The van der Waals surface area contributed by atoms with Crippen molar-refractivity contribution in [1.29, 1.82) is 0 Å². The van der Waals surface area contributed by atoms with Crippen LogP contribution in [0.15, 0.2) is 48.6 Å². The van der Waals surface area contributed by atoms with Gasteiger partial charge in [-0.1, -0.05) is 47.5 Å². The highest BCUT2D eigenvalue weighted by molar-refractivity contribution is 6.36. The lowest BCUT2D eigenvalue weighted by Gasteiger charge is -2.23. The van der Waals surface area contributed by atoms with Crippen molar-refractivity contribution < 1.29 is 23.5 Å². The Morgan fingerprint density at radius 2 is 1.97 bits per heavy atom. The number of carbonyl (C=O) groups excluding carboxylic acids is 2. The van der Waals surface area contributed by atoms with Crippen LogP contribution in [0.4, 0.5) is 4.39 Å². The molecule has 1 aliphatic rings. The maximum absolute atomic E-state index is 13.8. The molecule has 0 aromatic heterocycles. The third-order valence-electron chi connectivity index (χ3n) is 5.11. The summed E-state index contributed by atoms with van der Waals surface area (Å²) < 4.78 is 24.3. The van der Waals surface area contributed by atoms with Crippen molar-refractivity contribution in [3.63, 3.8) is 0 Å². The van der Waals surface area contributed by atoms with Crippen molar-refractivity contribution in [1.82, 2.24) is 5.32 Å². The molecule has 2 aromatic rings. The molecule has 31 heavy (non-hydrogen) atoms. The van der Waals surface area contributed by atoms with Gasteiger partial charge >= 0.3 is 5.97 Å². The highest BCUT2D eigenvalue weighted by Crippen LogP contribution is 2.36. The molecule has 0 radical (unpaired) electrons. The Balaban J connectivity index is 1.76. The third-order valence-corrected chi connectivity index (χ3v) is 5.71. The first-order valence-electron chi connectivity index (χ1n) is 9.78. The van der Waals surface area contributed by atoms with E-state index < -0.39 is 17.6 Å². The lowest BCUT2D eigenvalue weighted by Crippen LogP contribution is -2.34. The molecular formula is C23H22Cl2FNO4. The monoisotopic (exact) mass is 465 g/mol. The van der Waals surface area contributed by atoms with Crippen LogP contribution >= 0.6 is 23.2 Å². The van der Waals surface area contributed by atoms with E-state index in [1.165, 1.54) is 6.07 Å². The molecule has 0 aliphatic heterocycles. The van der Waals surface area contributed by atoms with Crippen LogP contribution in [-0.4, -0.2) is 31.6 Å². The van der Waals surface area contributed by atoms with E-state index in [4.69, 9.17) is 32.7 Å². The van der Waals surface area contributed by atoms with Crippen LogP contribution in [0.3, 0.4) is 0 Å². The molecule has 5 nitrogen and oxygen atoms in total. The molecule has 0 bridgehead atoms. The van der Waals surface area contributed by atoms with Gasteiger partial charge in [-0.15, -0.1) is 0 Å². The molecule has 3 unspecified atom stereocenters. The SMILES string of the molecule is CCOC(=O)C(c1cccc(OC)c1)C1C=CC(NC(=O)c2cc(F)c(Cl)cc2Cl)C1. The summed E-state index contributed by atoms with van der Waals surface area (Å²) >= 11 is 11.7. The molecule has 8 heteroatoms. The number of benzene rings is 2. The molecule has 0 saturated carbocycles. The normalized spacial score (nSPS) is 18.5. The Kier molecular flexibility index (Phi) is 7.57. The summed E-state index contributed by atoms with van der Waals surface area (Å²) in [7, 11) is 1.56. The smallest absolute Gasteiger partial charge is 0.314 e. The number of carbonyl (C=O) groups is 2. The predicted molar refractivity (Wildman–Crippen MR) is 117 cm³/mol. The Bertz CT molecular complexity index is 1010. The molecule has 164 valence electrons. The molecule has 0 heterocycles. The number of hydrogen-bond donors (Lipinski definition) is 1. The van der Waals surface area contributed by atoms with Gasteiger partial charge in [0.2, 0.25) is 0 Å². The number of esters is 1. The largest absolute Gasteiger partial charge is 0.497 e. The van der Waals surface area contributed by atoms with Crippen LogP contribution in [0.1, 0.15) is 35.2 Å². The Morgan fingerprint density at radius 1 is 1.19 bits per heavy atom. The topological polar surface area (TPSA) is 64.6 Å². The highest BCUT2D eigenvalue weighted by Gasteiger charge is 2.34. The number of rotatable bonds is 7. The number of ether oxygens (including phenoxy) is 2. The summed E-state index contributed by atoms with van der Waals surface area (Å²) in [5.41, 5.74) is 0.761. The van der Waals surface area contributed by atoms with Crippen LogP contribution in [0.25, 0.3) is 0 Å². The quantitative estimate of drug-likeness (QED) is 0.348. The highest BCUT2D eigenvalue weighted by atomic mass is 35.5. The second-order valence-electron chi connectivity index (χ2n) is 7.12. The van der Waals surface area contributed by atoms with E-state index >= 15 is 0 Å². The standard InChI is InChI=1S/C23H22Cl2FNO4/c1-3-31-23(29)21(13-5-4-6-16(10-13)30-2)14-7-8-15(9-14)27-22(28)17-11-20(26)19(25)12-18(17)24/h4-8,10-12,14-15,21H,3,9H2,1-2H3,(H,27,28). The van der Waals surface area contributed by atoms with E-state index in [2.05, 4.69) is 5.32 Å². The molecule has 0 fully saturated rings. The molecule has 1 N–H and O–H groups in total. The summed E-state index contributed by atoms with van der Waals surface area (Å²) in [5.74, 6) is -1.71. The maximum Gasteiger partial charge on any atom is 0.314 e. The molecule has 1 aliphatic carbocycles. The van der Waals surface area contributed by atoms with Crippen molar-refractivity contribution in [2.75, 3.05) is 13.7 Å². The second-order valence-corrected chi connectivity index (χ2v) is 7.93. The zero-order valence-electron chi connectivity index (χ0n) is 17.0. The van der Waals surface area contributed by atoms with Crippen molar-refractivity contribution >= 4 is 35.1 Å². The Labute approximate surface area is 190 Å². The summed E-state index contributed by atoms with van der Waals surface area (Å²) in [4.78, 5) is 25.3. The number of nitrogens with one attached hydrogen (secondary N) is 1. The number of hydrogen-bond acceptors (Lipinski definition) is 4. The average molecular weight is 466 g/mol. The first-order valence-corrected chi connectivity index (χ1v) is 10.5. The van der Waals surface area contributed by atoms with Crippen molar-refractivity contribution in [2.24, 2.45) is 5.92 Å². The predicted octanol–water partition coefficient (Wildman–Crippen LogP) is 5.16. The van der Waals surface area contributed by atoms with E-state index in [9.17, 15) is 14.0 Å². The van der Waals surface area contributed by atoms with Crippen LogP contribution in [0, 0.1) is 11.7 Å². The summed E-state index contributed by atoms with van der Waals surface area (Å²) in [6.45, 7) is 2.01. The Morgan fingerprint density at radius 3 is 2.68 bits per heavy atom. The van der Waals surface area contributed by atoms with E-state index in [0.29, 0.717) is 12.2 Å². The fourth-order valence-corrected chi connectivity index (χ4v) is 4.12. The van der Waals surface area contributed by atoms with Gasteiger partial charge in [0, 0.05) is 6.04 Å². The van der Waals surface area contributed by atoms with Gasteiger partial charge in [-0.05, 0) is 49.1 Å². The van der Waals surface area contributed by atoms with Gasteiger partial charge in [0.15, 0.2) is 0 Å². The Hall–Kier alpha value is -2.57. The van der Waals surface area contributed by atoms with Gasteiger partial charge in [-0.2, -0.15) is 0 Å². The first kappa shape index (κ1) is 23.1. The zero-order chi connectivity index (χ0) is 22.5. The van der Waals surface area contributed by atoms with Gasteiger partial charge in [0.05, 0.1) is 35.2 Å². The third kappa shape index (κ3) is 5.38. The van der Waals surface area contributed by atoms with Gasteiger partial charge in [0.1, 0.15) is 11.6 Å². The molecule has 0 spiro atoms. The fourth-order valence-electron chi connectivity index (χ4n) is 3.65. The average Bonchev–Trinajstić information content (AvgIpc) is 3.18. The minimum absolute atomic E-state index is 0.00449. The summed E-state index contributed by atoms with van der Waals surface area (Å²) in [5, 5.41) is 2.72. The van der Waals surface area contributed by atoms with Gasteiger partial charge in [0.25, 0.3) is 5.91 Å². The summed E-state index contributed by atoms with van der Waals surface area (Å²) in [6.07, 6.45) is 4.17. The number of allylic oxidation sites excluding steroid dienone is 1. The van der Waals surface area contributed by atoms with Crippen LogP contribution in [0.5, 0.6) is 5.75 Å². The van der Waals surface area contributed by atoms with Crippen molar-refractivity contribution in [3.8, 4) is 5.75 Å². The number of methoxy groups -OCH3 is 1. The summed E-state index contributed by atoms with van der Waals surface area (Å²) in [6, 6.07) is 9.12. The molecule has 2 aromatic carbocycles. The van der Waals surface area contributed by atoms with Crippen LogP contribution in [-0.2, 0) is 9.53 Å². The molecular weight excluding hydrogens is 444 g/mol. The minimum atomic E-state index is -0.726. The number of amides is 1. The maximum atomic E-state index is 13.8. The molecule has 3 atom stereocenters. The first-order chi connectivity index (χ1) is 14.8. The fraction of sp³-hybridized carbons (Fsp3) is 0.304. The van der Waals surface area contributed by atoms with Gasteiger partial charge in [-0.3, -0.25) is 9.59 Å². The van der Waals surface area contributed by atoms with Crippen molar-refractivity contribution in [2.45, 2.75) is 25.3 Å². The van der Waals surface area contributed by atoms with E-state index in [1.807, 2.05) is 24.3 Å². The van der Waals surface area contributed by atoms with E-state index in [1.54, 1.807) is 26.2 Å². The van der Waals surface area contributed by atoms with E-state index in [-0.39, 0.29) is 40.1 Å². The minimum Gasteiger partial charge on any atom is -0.497 e. The molecule has 0 saturated heterocycles. The van der Waals surface area contributed by atoms with Crippen LogP contribution < -0.4 is 10.1 Å². The number of halogens is 3. The van der Waals surface area contributed by atoms with Crippen molar-refractivity contribution in [3.05, 3.63) is 75.5 Å². The molecule has 3 rings (SSSR count). The lowest BCUT2D eigenvalue weighted by atomic mass is 9.85. The van der Waals surface area contributed by atoms with Gasteiger partial charge < -0.3 is 14.8 Å². The van der Waals surface area contributed by atoms with Gasteiger partial charge in [-0.25, -0.2) is 4.39 Å². The zero-order valence-corrected chi connectivity index (χ0v) is 18.5. The van der Waals surface area contributed by atoms with Crippen LogP contribution in [0.2, 0.25) is 10.0 Å². The molecule has 1 amide bonds. The second kappa shape index (κ2) is 10.2. The lowest BCUT2D eigenvalue weighted by molar-refractivity contribution is -0.146.